The van der Waals surface area contributed by atoms with Crippen LogP contribution in [-0.4, -0.2) is 60.4 Å². The fourth-order valence-electron chi connectivity index (χ4n) is 3.13. The highest BCUT2D eigenvalue weighted by Crippen LogP contribution is 2.32. The van der Waals surface area contributed by atoms with Crippen LogP contribution in [0.1, 0.15) is 30.1 Å². The Labute approximate surface area is 147 Å². The van der Waals surface area contributed by atoms with Crippen molar-refractivity contribution in [1.82, 2.24) is 15.1 Å². The molecule has 1 saturated carbocycles. The number of carbonyl (C=O) groups excluding carboxylic acids is 2. The van der Waals surface area contributed by atoms with Crippen molar-refractivity contribution in [1.29, 1.82) is 0 Å². The Hall–Kier alpha value is -1.59. The lowest BCUT2D eigenvalue weighted by atomic mass is 10.2. The van der Waals surface area contributed by atoms with E-state index in [1.807, 2.05) is 4.90 Å². The van der Waals surface area contributed by atoms with Gasteiger partial charge in [-0.3, -0.25) is 14.5 Å². The largest absolute Gasteiger partial charge is 0.352 e. The van der Waals surface area contributed by atoms with E-state index in [0.717, 1.165) is 13.1 Å². The molecule has 1 aromatic carbocycles. The molecule has 1 atom stereocenters. The molecular formula is C18H24ClN3O2. The Morgan fingerprint density at radius 1 is 1.25 bits per heavy atom. The number of hydrogen-bond donors (Lipinski definition) is 1. The van der Waals surface area contributed by atoms with Gasteiger partial charge in [-0.05, 0) is 43.9 Å². The van der Waals surface area contributed by atoms with Crippen LogP contribution in [0.4, 0.5) is 0 Å². The quantitative estimate of drug-likeness (QED) is 0.884. The van der Waals surface area contributed by atoms with E-state index < -0.39 is 0 Å². The second kappa shape index (κ2) is 7.53. The highest BCUT2D eigenvalue weighted by Gasteiger charge is 2.29. The molecule has 0 aromatic heterocycles. The maximum absolute atomic E-state index is 12.5. The number of benzene rings is 1. The normalized spacial score (nSPS) is 19.8. The van der Waals surface area contributed by atoms with Gasteiger partial charge in [-0.1, -0.05) is 17.7 Å². The molecule has 1 heterocycles. The number of rotatable bonds is 5. The lowest BCUT2D eigenvalue weighted by Crippen LogP contribution is -2.51. The fraction of sp³-hybridized carbons (Fsp3) is 0.556. The van der Waals surface area contributed by atoms with Crippen molar-refractivity contribution in [3.8, 4) is 0 Å². The number of nitrogens with zero attached hydrogens (tertiary/aromatic N) is 2. The Morgan fingerprint density at radius 2 is 1.96 bits per heavy atom. The second-order valence-corrected chi connectivity index (χ2v) is 7.21. The van der Waals surface area contributed by atoms with Crippen molar-refractivity contribution in [2.75, 3.05) is 32.7 Å². The Bertz CT molecular complexity index is 610. The van der Waals surface area contributed by atoms with E-state index in [1.54, 1.807) is 24.3 Å². The van der Waals surface area contributed by atoms with Gasteiger partial charge in [0.15, 0.2) is 0 Å². The molecular weight excluding hydrogens is 326 g/mol. The molecule has 5 nitrogen and oxygen atoms in total. The van der Waals surface area contributed by atoms with Crippen molar-refractivity contribution in [3.63, 3.8) is 0 Å². The number of nitrogens with one attached hydrogen (secondary N) is 1. The predicted molar refractivity (Wildman–Crippen MR) is 94.1 cm³/mol. The summed E-state index contributed by atoms with van der Waals surface area (Å²) in [5.74, 6) is 0.758. The molecule has 3 rings (SSSR count). The lowest BCUT2D eigenvalue weighted by Gasteiger charge is -2.34. The summed E-state index contributed by atoms with van der Waals surface area (Å²) in [7, 11) is 0. The third-order valence-electron chi connectivity index (χ3n) is 4.82. The highest BCUT2D eigenvalue weighted by atomic mass is 35.5. The van der Waals surface area contributed by atoms with Crippen molar-refractivity contribution >= 4 is 23.4 Å². The van der Waals surface area contributed by atoms with Gasteiger partial charge >= 0.3 is 0 Å². The molecule has 2 aliphatic rings. The first-order valence-electron chi connectivity index (χ1n) is 8.59. The van der Waals surface area contributed by atoms with E-state index in [0.29, 0.717) is 36.1 Å². The zero-order valence-electron chi connectivity index (χ0n) is 14.0. The van der Waals surface area contributed by atoms with Crippen molar-refractivity contribution < 1.29 is 9.59 Å². The third-order valence-corrected chi connectivity index (χ3v) is 5.05. The van der Waals surface area contributed by atoms with Crippen LogP contribution in [0.15, 0.2) is 24.3 Å². The summed E-state index contributed by atoms with van der Waals surface area (Å²) in [6.45, 7) is 5.20. The molecule has 1 aliphatic heterocycles. The average Bonchev–Trinajstić information content (AvgIpc) is 3.40. The first-order valence-corrected chi connectivity index (χ1v) is 8.97. The van der Waals surface area contributed by atoms with Gasteiger partial charge in [-0.15, -0.1) is 0 Å². The van der Waals surface area contributed by atoms with Gasteiger partial charge in [0, 0.05) is 42.8 Å². The van der Waals surface area contributed by atoms with Crippen molar-refractivity contribution in [3.05, 3.63) is 34.9 Å². The summed E-state index contributed by atoms with van der Waals surface area (Å²) in [6.07, 6.45) is 2.46. The number of carbonyl (C=O) groups is 2. The molecule has 1 aromatic rings. The summed E-state index contributed by atoms with van der Waals surface area (Å²) in [5, 5.41) is 3.65. The highest BCUT2D eigenvalue weighted by molar-refractivity contribution is 6.30. The van der Waals surface area contributed by atoms with E-state index in [2.05, 4.69) is 17.1 Å². The molecule has 0 radical (unpaired) electrons. The number of hydrogen-bond acceptors (Lipinski definition) is 3. The van der Waals surface area contributed by atoms with Gasteiger partial charge < -0.3 is 10.2 Å². The lowest BCUT2D eigenvalue weighted by molar-refractivity contribution is -0.123. The minimum atomic E-state index is 0.00366. The Kier molecular flexibility index (Phi) is 5.41. The smallest absolute Gasteiger partial charge is 0.253 e. The molecule has 6 heteroatoms. The summed E-state index contributed by atoms with van der Waals surface area (Å²) in [4.78, 5) is 28.5. The average molecular weight is 350 g/mol. The minimum Gasteiger partial charge on any atom is -0.352 e. The number of halogens is 1. The summed E-state index contributed by atoms with van der Waals surface area (Å²) < 4.78 is 0. The molecule has 1 aliphatic carbocycles. The molecule has 1 unspecified atom stereocenters. The first kappa shape index (κ1) is 17.2. The van der Waals surface area contributed by atoms with Crippen LogP contribution in [0, 0.1) is 5.92 Å². The molecule has 0 bridgehead atoms. The summed E-state index contributed by atoms with van der Waals surface area (Å²) in [5.41, 5.74) is 0.618. The second-order valence-electron chi connectivity index (χ2n) is 6.77. The maximum Gasteiger partial charge on any atom is 0.253 e. The van der Waals surface area contributed by atoms with E-state index in [9.17, 15) is 9.59 Å². The van der Waals surface area contributed by atoms with Crippen LogP contribution < -0.4 is 5.32 Å². The van der Waals surface area contributed by atoms with Crippen molar-refractivity contribution in [2.45, 2.75) is 25.8 Å². The van der Waals surface area contributed by atoms with Crippen molar-refractivity contribution in [2.24, 2.45) is 5.92 Å². The van der Waals surface area contributed by atoms with Crippen LogP contribution in [-0.2, 0) is 4.79 Å². The molecule has 1 N–H and O–H groups in total. The van der Waals surface area contributed by atoms with Gasteiger partial charge in [0.1, 0.15) is 0 Å². The maximum atomic E-state index is 12.5. The van der Waals surface area contributed by atoms with Crippen LogP contribution in [0.2, 0.25) is 5.02 Å². The summed E-state index contributed by atoms with van der Waals surface area (Å²) in [6, 6.07) is 7.31. The molecule has 2 fully saturated rings. The van der Waals surface area contributed by atoms with Gasteiger partial charge in [-0.2, -0.15) is 0 Å². The van der Waals surface area contributed by atoms with Gasteiger partial charge in [0.2, 0.25) is 5.91 Å². The summed E-state index contributed by atoms with van der Waals surface area (Å²) >= 11 is 5.95. The van der Waals surface area contributed by atoms with Crippen LogP contribution in [0.5, 0.6) is 0 Å². The number of amides is 2. The molecule has 24 heavy (non-hydrogen) atoms. The van der Waals surface area contributed by atoms with Gasteiger partial charge in [-0.25, -0.2) is 0 Å². The minimum absolute atomic E-state index is 0.00366. The molecule has 0 spiro atoms. The van der Waals surface area contributed by atoms with E-state index in [1.165, 1.54) is 12.8 Å². The van der Waals surface area contributed by atoms with Crippen LogP contribution in [0.25, 0.3) is 0 Å². The number of piperazine rings is 1. The van der Waals surface area contributed by atoms with Crippen LogP contribution >= 0.6 is 11.6 Å². The van der Waals surface area contributed by atoms with Gasteiger partial charge in [0.05, 0.1) is 6.54 Å². The van der Waals surface area contributed by atoms with Gasteiger partial charge in [0.25, 0.3) is 5.91 Å². The standard InChI is InChI=1S/C18H24ClN3O2/c1-13(14-5-6-14)20-17(23)12-21-7-9-22(10-8-21)18(24)15-3-2-4-16(19)11-15/h2-4,11,13-14H,5-10,12H2,1H3,(H,20,23). The first-order chi connectivity index (χ1) is 11.5. The van der Waals surface area contributed by atoms with E-state index in [-0.39, 0.29) is 17.9 Å². The van der Waals surface area contributed by atoms with E-state index >= 15 is 0 Å². The zero-order valence-corrected chi connectivity index (χ0v) is 14.8. The topological polar surface area (TPSA) is 52.7 Å². The molecule has 2 amide bonds. The van der Waals surface area contributed by atoms with E-state index in [4.69, 9.17) is 11.6 Å². The zero-order chi connectivity index (χ0) is 17.1. The molecule has 130 valence electrons. The monoisotopic (exact) mass is 349 g/mol. The fourth-order valence-corrected chi connectivity index (χ4v) is 3.32. The Morgan fingerprint density at radius 3 is 2.58 bits per heavy atom. The third kappa shape index (κ3) is 4.48. The predicted octanol–water partition coefficient (Wildman–Crippen LogP) is 2.01. The Balaban J connectivity index is 1.45. The molecule has 1 saturated heterocycles. The SMILES string of the molecule is CC(NC(=O)CN1CCN(C(=O)c2cccc(Cl)c2)CC1)C1CC1. The van der Waals surface area contributed by atoms with Crippen LogP contribution in [0.3, 0.4) is 0 Å².